The van der Waals surface area contributed by atoms with Crippen LogP contribution in [0.3, 0.4) is 0 Å². The molecule has 0 atom stereocenters. The zero-order valence-electron chi connectivity index (χ0n) is 16.7. The van der Waals surface area contributed by atoms with E-state index in [2.05, 4.69) is 16.5 Å². The van der Waals surface area contributed by atoms with Crippen molar-refractivity contribution < 1.29 is 5.11 Å². The molecule has 0 aliphatic rings. The largest absolute Gasteiger partial charge is 0.396 e. The van der Waals surface area contributed by atoms with Crippen molar-refractivity contribution in [1.29, 1.82) is 0 Å². The summed E-state index contributed by atoms with van der Waals surface area (Å²) >= 11 is 0. The lowest BCUT2D eigenvalue weighted by molar-refractivity contribution is 0.294. The number of unbranched alkanes of at least 4 members (excludes halogenated alkanes) is 14. The van der Waals surface area contributed by atoms with Crippen LogP contribution in [0.15, 0.2) is 12.4 Å². The fourth-order valence-corrected chi connectivity index (χ4v) is 3.53. The van der Waals surface area contributed by atoms with Crippen molar-refractivity contribution >= 4 is 0 Å². The van der Waals surface area contributed by atoms with Crippen LogP contribution in [0.25, 0.3) is 0 Å². The number of rotatable bonds is 18. The number of aliphatic hydroxyl groups excluding tert-OH is 1. The molecule has 1 N–H and O–H groups in total. The molecular formula is C22H42N2O. The molecule has 1 heterocycles. The van der Waals surface area contributed by atoms with Gasteiger partial charge in [0.1, 0.15) is 5.82 Å². The maximum atomic E-state index is 9.01. The Labute approximate surface area is 156 Å². The molecule has 0 saturated heterocycles. The number of aryl methyl sites for hydroxylation is 1. The Morgan fingerprint density at radius 3 is 1.72 bits per heavy atom. The number of hydrogen-bond acceptors (Lipinski definition) is 2. The average molecular weight is 351 g/mol. The fraction of sp³-hybridized carbons (Fsp3) is 0.864. The zero-order valence-corrected chi connectivity index (χ0v) is 16.7. The van der Waals surface area contributed by atoms with Crippen LogP contribution >= 0.6 is 0 Å². The summed E-state index contributed by atoms with van der Waals surface area (Å²) in [6, 6.07) is 0. The van der Waals surface area contributed by atoms with Gasteiger partial charge in [-0.15, -0.1) is 0 Å². The van der Waals surface area contributed by atoms with Crippen LogP contribution < -0.4 is 0 Å². The minimum atomic E-state index is 0.190. The van der Waals surface area contributed by atoms with Gasteiger partial charge in [-0.05, 0) is 6.42 Å². The van der Waals surface area contributed by atoms with Gasteiger partial charge in [0.15, 0.2) is 0 Å². The van der Waals surface area contributed by atoms with Crippen molar-refractivity contribution in [3.63, 3.8) is 0 Å². The van der Waals surface area contributed by atoms with Crippen molar-refractivity contribution in [2.45, 2.75) is 116 Å². The van der Waals surface area contributed by atoms with Crippen molar-refractivity contribution in [2.75, 3.05) is 6.61 Å². The van der Waals surface area contributed by atoms with Gasteiger partial charge >= 0.3 is 0 Å². The third-order valence-electron chi connectivity index (χ3n) is 5.14. The summed E-state index contributed by atoms with van der Waals surface area (Å²) in [4.78, 5) is 4.30. The van der Waals surface area contributed by atoms with Crippen LogP contribution in [0.5, 0.6) is 0 Å². The molecular weight excluding hydrogens is 308 g/mol. The standard InChI is InChI=1S/C22H42N2O/c1-2-3-4-5-6-7-8-9-10-11-12-13-14-15-16-19-24-20-18-23-22(24)17-21-25/h18,20,25H,2-17,19,21H2,1H3. The smallest absolute Gasteiger partial charge is 0.110 e. The molecule has 0 saturated carbocycles. The highest BCUT2D eigenvalue weighted by molar-refractivity contribution is 4.92. The molecule has 146 valence electrons. The molecule has 25 heavy (non-hydrogen) atoms. The Bertz CT molecular complexity index is 389. The Morgan fingerprint density at radius 1 is 0.760 bits per heavy atom. The summed E-state index contributed by atoms with van der Waals surface area (Å²) in [6.45, 7) is 3.53. The topological polar surface area (TPSA) is 38.0 Å². The summed E-state index contributed by atoms with van der Waals surface area (Å²) < 4.78 is 2.19. The van der Waals surface area contributed by atoms with Crippen molar-refractivity contribution in [3.05, 3.63) is 18.2 Å². The van der Waals surface area contributed by atoms with E-state index in [0.29, 0.717) is 6.42 Å². The third-order valence-corrected chi connectivity index (χ3v) is 5.14. The lowest BCUT2D eigenvalue weighted by Crippen LogP contribution is -2.05. The number of aromatic nitrogens is 2. The van der Waals surface area contributed by atoms with Gasteiger partial charge in [-0.2, -0.15) is 0 Å². The lowest BCUT2D eigenvalue weighted by atomic mass is 10.0. The van der Waals surface area contributed by atoms with Crippen molar-refractivity contribution in [3.8, 4) is 0 Å². The van der Waals surface area contributed by atoms with Crippen molar-refractivity contribution in [2.24, 2.45) is 0 Å². The summed E-state index contributed by atoms with van der Waals surface area (Å²) in [6.07, 6.45) is 25.6. The quantitative estimate of drug-likeness (QED) is 0.316. The van der Waals surface area contributed by atoms with Crippen LogP contribution in [0.4, 0.5) is 0 Å². The molecule has 0 fully saturated rings. The first-order chi connectivity index (χ1) is 12.4. The van der Waals surface area contributed by atoms with E-state index in [9.17, 15) is 0 Å². The van der Waals surface area contributed by atoms with Gasteiger partial charge in [0.05, 0.1) is 6.61 Å². The fourth-order valence-electron chi connectivity index (χ4n) is 3.53. The molecule has 1 aromatic heterocycles. The number of imidazole rings is 1. The third kappa shape index (κ3) is 12.2. The van der Waals surface area contributed by atoms with E-state index < -0.39 is 0 Å². The van der Waals surface area contributed by atoms with E-state index >= 15 is 0 Å². The Hall–Kier alpha value is -0.830. The molecule has 0 amide bonds. The second-order valence-corrected chi connectivity index (χ2v) is 7.46. The summed E-state index contributed by atoms with van der Waals surface area (Å²) in [5.41, 5.74) is 0. The molecule has 1 rings (SSSR count). The van der Waals surface area contributed by atoms with E-state index in [1.807, 2.05) is 12.4 Å². The van der Waals surface area contributed by atoms with Crippen LogP contribution in [0, 0.1) is 0 Å². The van der Waals surface area contributed by atoms with Crippen LogP contribution in [-0.2, 0) is 13.0 Å². The minimum Gasteiger partial charge on any atom is -0.396 e. The highest BCUT2D eigenvalue weighted by Crippen LogP contribution is 2.13. The molecule has 0 aromatic carbocycles. The molecule has 0 aliphatic heterocycles. The van der Waals surface area contributed by atoms with Crippen molar-refractivity contribution in [1.82, 2.24) is 9.55 Å². The van der Waals surface area contributed by atoms with E-state index in [-0.39, 0.29) is 6.61 Å². The maximum absolute atomic E-state index is 9.01. The predicted molar refractivity (Wildman–Crippen MR) is 108 cm³/mol. The minimum absolute atomic E-state index is 0.190. The average Bonchev–Trinajstić information content (AvgIpc) is 3.06. The van der Waals surface area contributed by atoms with Gasteiger partial charge in [-0.25, -0.2) is 4.98 Å². The molecule has 3 heteroatoms. The summed E-state index contributed by atoms with van der Waals surface area (Å²) in [5.74, 6) is 1.02. The van der Waals surface area contributed by atoms with E-state index in [4.69, 9.17) is 5.11 Å². The molecule has 0 bridgehead atoms. The normalized spacial score (nSPS) is 11.3. The zero-order chi connectivity index (χ0) is 18.0. The Kier molecular flexibility index (Phi) is 14.8. The molecule has 0 unspecified atom stereocenters. The molecule has 0 aliphatic carbocycles. The maximum Gasteiger partial charge on any atom is 0.110 e. The Balaban J connectivity index is 1.79. The number of nitrogens with zero attached hydrogens (tertiary/aromatic N) is 2. The highest BCUT2D eigenvalue weighted by Gasteiger charge is 2.01. The van der Waals surface area contributed by atoms with Crippen LogP contribution in [-0.4, -0.2) is 21.3 Å². The first-order valence-electron chi connectivity index (χ1n) is 11.0. The van der Waals surface area contributed by atoms with Crippen LogP contribution in [0.1, 0.15) is 109 Å². The number of hydrogen-bond donors (Lipinski definition) is 1. The first kappa shape index (κ1) is 22.2. The Morgan fingerprint density at radius 2 is 1.24 bits per heavy atom. The lowest BCUT2D eigenvalue weighted by Gasteiger charge is -2.07. The molecule has 1 aromatic rings. The molecule has 3 nitrogen and oxygen atoms in total. The van der Waals surface area contributed by atoms with E-state index in [1.165, 1.54) is 96.3 Å². The van der Waals surface area contributed by atoms with Gasteiger partial charge in [-0.3, -0.25) is 0 Å². The second-order valence-electron chi connectivity index (χ2n) is 7.46. The van der Waals surface area contributed by atoms with E-state index in [0.717, 1.165) is 12.4 Å². The van der Waals surface area contributed by atoms with E-state index in [1.54, 1.807) is 0 Å². The molecule has 0 spiro atoms. The summed E-state index contributed by atoms with van der Waals surface area (Å²) in [5, 5.41) is 9.01. The van der Waals surface area contributed by atoms with Gasteiger partial charge in [0, 0.05) is 25.4 Å². The van der Waals surface area contributed by atoms with Gasteiger partial charge in [-0.1, -0.05) is 96.8 Å². The predicted octanol–water partition coefficient (Wildman–Crippen LogP) is 6.29. The van der Waals surface area contributed by atoms with Gasteiger partial charge < -0.3 is 9.67 Å². The number of aliphatic hydroxyl groups is 1. The SMILES string of the molecule is CCCCCCCCCCCCCCCCCn1ccnc1CCO. The summed E-state index contributed by atoms with van der Waals surface area (Å²) in [7, 11) is 0. The molecule has 0 radical (unpaired) electrons. The highest BCUT2D eigenvalue weighted by atomic mass is 16.3. The van der Waals surface area contributed by atoms with Gasteiger partial charge in [0.25, 0.3) is 0 Å². The van der Waals surface area contributed by atoms with Gasteiger partial charge in [0.2, 0.25) is 0 Å². The monoisotopic (exact) mass is 350 g/mol. The second kappa shape index (κ2) is 16.6. The first-order valence-corrected chi connectivity index (χ1v) is 11.0. The van der Waals surface area contributed by atoms with Crippen LogP contribution in [0.2, 0.25) is 0 Å².